The summed E-state index contributed by atoms with van der Waals surface area (Å²) in [6, 6.07) is 86.8. The van der Waals surface area contributed by atoms with Gasteiger partial charge < -0.3 is 4.90 Å². The molecule has 1 unspecified atom stereocenters. The Morgan fingerprint density at radius 3 is 1.25 bits per heavy atom. The van der Waals surface area contributed by atoms with Crippen molar-refractivity contribution < 1.29 is 0 Å². The van der Waals surface area contributed by atoms with E-state index in [4.69, 9.17) is 0 Å². The summed E-state index contributed by atoms with van der Waals surface area (Å²) >= 11 is 0. The average Bonchev–Trinajstić information content (AvgIpc) is 3.94. The second-order valence-corrected chi connectivity index (χ2v) is 18.0. The van der Waals surface area contributed by atoms with Gasteiger partial charge in [-0.15, -0.1) is 0 Å². The van der Waals surface area contributed by atoms with E-state index >= 15 is 0 Å². The molecule has 0 heterocycles. The van der Waals surface area contributed by atoms with Crippen LogP contribution >= 0.6 is 0 Å². The average molecular weight is 812 g/mol. The predicted molar refractivity (Wildman–Crippen MR) is 267 cm³/mol. The van der Waals surface area contributed by atoms with Gasteiger partial charge in [-0.1, -0.05) is 194 Å². The summed E-state index contributed by atoms with van der Waals surface area (Å²) in [5, 5.41) is 7.63. The maximum Gasteiger partial charge on any atom is 0.0726 e. The highest BCUT2D eigenvalue weighted by molar-refractivity contribution is 6.25. The number of fused-ring (bicyclic) bond motifs is 19. The third-order valence-corrected chi connectivity index (χ3v) is 15.1. The largest absolute Gasteiger partial charge is 0.310 e. The van der Waals surface area contributed by atoms with E-state index in [-0.39, 0.29) is 5.41 Å². The fourth-order valence-electron chi connectivity index (χ4n) is 12.4. The van der Waals surface area contributed by atoms with Crippen LogP contribution in [0.5, 0.6) is 0 Å². The summed E-state index contributed by atoms with van der Waals surface area (Å²) in [6.45, 7) is 2.40. The van der Waals surface area contributed by atoms with E-state index in [2.05, 4.69) is 242 Å². The van der Waals surface area contributed by atoms with Gasteiger partial charge in [0.25, 0.3) is 0 Å². The van der Waals surface area contributed by atoms with E-state index in [1.165, 1.54) is 105 Å². The second-order valence-electron chi connectivity index (χ2n) is 18.0. The molecule has 0 N–H and O–H groups in total. The van der Waals surface area contributed by atoms with Crippen LogP contribution in [-0.4, -0.2) is 0 Å². The van der Waals surface area contributed by atoms with Crippen LogP contribution in [0.15, 0.2) is 231 Å². The normalized spacial score (nSPS) is 15.8. The molecule has 0 bridgehead atoms. The molecule has 0 aliphatic heterocycles. The van der Waals surface area contributed by atoms with Gasteiger partial charge in [-0.2, -0.15) is 0 Å². The monoisotopic (exact) mass is 811 g/mol. The minimum Gasteiger partial charge on any atom is -0.310 e. The highest BCUT2D eigenvalue weighted by Gasteiger charge is 2.51. The highest BCUT2D eigenvalue weighted by Crippen LogP contribution is 2.63. The summed E-state index contributed by atoms with van der Waals surface area (Å²) in [6.07, 6.45) is 0. The molecule has 0 saturated heterocycles. The Balaban J connectivity index is 1.06. The third-order valence-electron chi connectivity index (χ3n) is 15.1. The lowest BCUT2D eigenvalue weighted by molar-refractivity contribution is 0.714. The topological polar surface area (TPSA) is 3.24 Å². The smallest absolute Gasteiger partial charge is 0.0726 e. The Labute approximate surface area is 373 Å². The zero-order valence-electron chi connectivity index (χ0n) is 35.4. The molecule has 1 spiro atoms. The number of rotatable bonds is 4. The quantitative estimate of drug-likeness (QED) is 0.160. The summed E-state index contributed by atoms with van der Waals surface area (Å²) in [5.41, 5.74) is 19.8. The van der Waals surface area contributed by atoms with Crippen LogP contribution in [0.4, 0.5) is 17.1 Å². The van der Waals surface area contributed by atoms with Crippen LogP contribution < -0.4 is 4.90 Å². The maximum absolute atomic E-state index is 2.52. The Morgan fingerprint density at radius 1 is 0.266 bits per heavy atom. The highest BCUT2D eigenvalue weighted by atomic mass is 15.1. The van der Waals surface area contributed by atoms with E-state index in [0.29, 0.717) is 0 Å². The van der Waals surface area contributed by atoms with Gasteiger partial charge in [0.15, 0.2) is 0 Å². The van der Waals surface area contributed by atoms with E-state index in [9.17, 15) is 0 Å². The molecule has 11 aromatic carbocycles. The zero-order chi connectivity index (χ0) is 42.1. The van der Waals surface area contributed by atoms with Gasteiger partial charge in [-0.05, 0) is 148 Å². The van der Waals surface area contributed by atoms with Gasteiger partial charge in [0, 0.05) is 22.5 Å². The molecular formula is C63H41N. The predicted octanol–water partition coefficient (Wildman–Crippen LogP) is 16.3. The molecule has 3 aliphatic carbocycles. The minimum absolute atomic E-state index is 0.283. The molecule has 3 aliphatic rings. The molecule has 0 aromatic heterocycles. The Hall–Kier alpha value is -8.00. The van der Waals surface area contributed by atoms with Crippen LogP contribution in [0.3, 0.4) is 0 Å². The van der Waals surface area contributed by atoms with Crippen molar-refractivity contribution in [3.05, 3.63) is 269 Å². The summed E-state index contributed by atoms with van der Waals surface area (Å²) in [4.78, 5) is 2.52. The fourth-order valence-corrected chi connectivity index (χ4v) is 12.4. The van der Waals surface area contributed by atoms with E-state index < -0.39 is 5.41 Å². The van der Waals surface area contributed by atoms with Gasteiger partial charge in [-0.3, -0.25) is 0 Å². The SMILES string of the molecule is CC1(c2ccccc2)c2ccccc2-c2cc(N(c3ccc4c(c3)C3(c5ccccc5-c5ccccc53)c3ccccc3-4)c3ccc4c5ccccc5c5ccccc5c4c3)ccc21. The van der Waals surface area contributed by atoms with Crippen molar-refractivity contribution in [1.82, 2.24) is 0 Å². The van der Waals surface area contributed by atoms with Crippen molar-refractivity contribution in [2.45, 2.75) is 17.8 Å². The number of nitrogens with zero attached hydrogens (tertiary/aromatic N) is 1. The lowest BCUT2D eigenvalue weighted by atomic mass is 9.70. The molecule has 0 fully saturated rings. The van der Waals surface area contributed by atoms with Gasteiger partial charge in [0.2, 0.25) is 0 Å². The van der Waals surface area contributed by atoms with Gasteiger partial charge in [-0.25, -0.2) is 0 Å². The van der Waals surface area contributed by atoms with Crippen molar-refractivity contribution in [3.63, 3.8) is 0 Å². The van der Waals surface area contributed by atoms with Gasteiger partial charge >= 0.3 is 0 Å². The van der Waals surface area contributed by atoms with E-state index in [0.717, 1.165) is 17.1 Å². The summed E-state index contributed by atoms with van der Waals surface area (Å²) < 4.78 is 0. The molecule has 64 heavy (non-hydrogen) atoms. The fraction of sp³-hybridized carbons (Fsp3) is 0.0476. The molecule has 14 rings (SSSR count). The van der Waals surface area contributed by atoms with Crippen LogP contribution in [0.2, 0.25) is 0 Å². The first-order valence-corrected chi connectivity index (χ1v) is 22.5. The van der Waals surface area contributed by atoms with Gasteiger partial charge in [0.05, 0.1) is 5.41 Å². The zero-order valence-corrected chi connectivity index (χ0v) is 35.4. The summed E-state index contributed by atoms with van der Waals surface area (Å²) in [7, 11) is 0. The lowest BCUT2D eigenvalue weighted by Crippen LogP contribution is -2.26. The first kappa shape index (κ1) is 35.6. The maximum atomic E-state index is 2.52. The molecule has 0 radical (unpaired) electrons. The summed E-state index contributed by atoms with van der Waals surface area (Å²) in [5.74, 6) is 0. The number of hydrogen-bond donors (Lipinski definition) is 0. The Kier molecular flexibility index (Phi) is 7.24. The molecule has 298 valence electrons. The molecule has 1 heteroatoms. The van der Waals surface area contributed by atoms with Crippen LogP contribution in [0.1, 0.15) is 45.9 Å². The molecule has 0 amide bonds. The number of hydrogen-bond acceptors (Lipinski definition) is 1. The van der Waals surface area contributed by atoms with Crippen molar-refractivity contribution in [1.29, 1.82) is 0 Å². The first-order chi connectivity index (χ1) is 31.6. The van der Waals surface area contributed by atoms with E-state index in [1.54, 1.807) is 0 Å². The molecule has 11 aromatic rings. The standard InChI is InChI=1S/C63H41N/c1-62(40-17-3-2-4-18-40)56-27-13-9-26-52(56)55-38-42(33-36-57(55)62)64(41-31-34-48-46-21-6-5-19-44(46)45-20-7-8-22-47(45)54(48)37-41)43-32-35-53-51-25-12-16-30-60(51)63(61(53)39-43)58-28-14-10-23-49(58)50-24-11-15-29-59(50)63/h2-39H,1H3. The van der Waals surface area contributed by atoms with Crippen molar-refractivity contribution in [2.75, 3.05) is 4.90 Å². The Morgan fingerprint density at radius 2 is 0.656 bits per heavy atom. The van der Waals surface area contributed by atoms with Crippen molar-refractivity contribution >= 4 is 49.4 Å². The van der Waals surface area contributed by atoms with Crippen molar-refractivity contribution in [2.24, 2.45) is 0 Å². The number of anilines is 3. The lowest BCUT2D eigenvalue weighted by Gasteiger charge is -2.32. The Bertz CT molecular complexity index is 3670. The van der Waals surface area contributed by atoms with Crippen LogP contribution in [-0.2, 0) is 10.8 Å². The van der Waals surface area contributed by atoms with Gasteiger partial charge in [0.1, 0.15) is 0 Å². The third kappa shape index (κ3) is 4.53. The van der Waals surface area contributed by atoms with Crippen LogP contribution in [0.25, 0.3) is 65.7 Å². The molecular weight excluding hydrogens is 771 g/mol. The molecule has 0 saturated carbocycles. The number of benzene rings is 11. The molecule has 1 nitrogen and oxygen atoms in total. The van der Waals surface area contributed by atoms with Crippen molar-refractivity contribution in [3.8, 4) is 33.4 Å². The molecule has 1 atom stereocenters. The first-order valence-electron chi connectivity index (χ1n) is 22.5. The van der Waals surface area contributed by atoms with E-state index in [1.807, 2.05) is 0 Å². The minimum atomic E-state index is -0.451. The van der Waals surface area contributed by atoms with Crippen LogP contribution in [0, 0.1) is 0 Å². The second kappa shape index (κ2) is 13.0.